The molecular formula is C17H19ClN4O3. The van der Waals surface area contributed by atoms with Gasteiger partial charge in [-0.15, -0.1) is 0 Å². The molecule has 1 aliphatic rings. The van der Waals surface area contributed by atoms with Gasteiger partial charge in [0.1, 0.15) is 12.1 Å². The summed E-state index contributed by atoms with van der Waals surface area (Å²) < 4.78 is 4.66. The Hall–Kier alpha value is -2.54. The van der Waals surface area contributed by atoms with Crippen LogP contribution in [0.15, 0.2) is 30.6 Å². The number of aromatic amines is 1. The van der Waals surface area contributed by atoms with Gasteiger partial charge < -0.3 is 19.9 Å². The van der Waals surface area contributed by atoms with Crippen molar-refractivity contribution in [1.29, 1.82) is 0 Å². The van der Waals surface area contributed by atoms with E-state index in [-0.39, 0.29) is 12.1 Å². The lowest BCUT2D eigenvalue weighted by Gasteiger charge is -2.35. The molecule has 1 aliphatic heterocycles. The van der Waals surface area contributed by atoms with E-state index in [1.54, 1.807) is 30.3 Å². The Kier molecular flexibility index (Phi) is 4.94. The molecule has 0 aliphatic carbocycles. The van der Waals surface area contributed by atoms with E-state index in [0.29, 0.717) is 18.0 Å². The van der Waals surface area contributed by atoms with E-state index in [2.05, 4.69) is 20.0 Å². The van der Waals surface area contributed by atoms with Crippen molar-refractivity contribution >= 4 is 23.6 Å². The molecule has 2 N–H and O–H groups in total. The second-order valence-electron chi connectivity index (χ2n) is 5.86. The van der Waals surface area contributed by atoms with Crippen LogP contribution in [-0.4, -0.2) is 46.6 Å². The zero-order chi connectivity index (χ0) is 18.0. The van der Waals surface area contributed by atoms with Crippen molar-refractivity contribution in [2.45, 2.75) is 25.4 Å². The number of urea groups is 1. The van der Waals surface area contributed by atoms with Gasteiger partial charge in [0, 0.05) is 23.7 Å². The molecule has 25 heavy (non-hydrogen) atoms. The van der Waals surface area contributed by atoms with Crippen molar-refractivity contribution in [3.8, 4) is 0 Å². The molecule has 0 unspecified atom stereocenters. The Morgan fingerprint density at radius 2 is 2.12 bits per heavy atom. The summed E-state index contributed by atoms with van der Waals surface area (Å²) in [4.78, 5) is 33.5. The first-order chi connectivity index (χ1) is 12.0. The lowest BCUT2D eigenvalue weighted by molar-refractivity contribution is -0.142. The fourth-order valence-corrected chi connectivity index (χ4v) is 3.11. The van der Waals surface area contributed by atoms with Crippen molar-refractivity contribution in [2.75, 3.05) is 13.7 Å². The van der Waals surface area contributed by atoms with E-state index < -0.39 is 12.0 Å². The summed E-state index contributed by atoms with van der Waals surface area (Å²) >= 11 is 5.98. The minimum Gasteiger partial charge on any atom is -0.467 e. The number of hydrogen-bond donors (Lipinski definition) is 2. The van der Waals surface area contributed by atoms with Gasteiger partial charge in [0.2, 0.25) is 0 Å². The Morgan fingerprint density at radius 1 is 1.40 bits per heavy atom. The van der Waals surface area contributed by atoms with Crippen LogP contribution in [0.25, 0.3) is 0 Å². The molecule has 8 heteroatoms. The maximum absolute atomic E-state index is 12.8. The van der Waals surface area contributed by atoms with Gasteiger partial charge in [0.25, 0.3) is 0 Å². The minimum atomic E-state index is -0.732. The average molecular weight is 363 g/mol. The fraction of sp³-hybridized carbons (Fsp3) is 0.353. The van der Waals surface area contributed by atoms with Crippen LogP contribution in [0.3, 0.4) is 0 Å². The van der Waals surface area contributed by atoms with E-state index in [1.165, 1.54) is 7.11 Å². The number of hydrogen-bond acceptors (Lipinski definition) is 4. The molecule has 0 saturated heterocycles. The quantitative estimate of drug-likeness (QED) is 0.820. The topological polar surface area (TPSA) is 87.3 Å². The molecule has 1 aromatic carbocycles. The van der Waals surface area contributed by atoms with Gasteiger partial charge in [-0.2, -0.15) is 0 Å². The Bertz CT molecular complexity index is 774. The first-order valence-electron chi connectivity index (χ1n) is 7.94. The standard InChI is InChI=1S/C17H19ClN4O3/c1-10(16(23)25-2)21-17(24)22-8-7-13-14(20-9-19-13)15(22)11-3-5-12(18)6-4-11/h3-6,9-10,15H,7-8H2,1-2H3,(H,19,20)(H,21,24)/t10-,15+/m0/s1. The number of imidazole rings is 1. The molecule has 3 rings (SSSR count). The van der Waals surface area contributed by atoms with Crippen LogP contribution in [0.1, 0.15) is 29.9 Å². The third kappa shape index (κ3) is 3.46. The summed E-state index contributed by atoms with van der Waals surface area (Å²) in [6.07, 6.45) is 2.30. The monoisotopic (exact) mass is 362 g/mol. The van der Waals surface area contributed by atoms with Crippen molar-refractivity contribution < 1.29 is 14.3 Å². The third-order valence-corrected chi connectivity index (χ3v) is 4.52. The number of fused-ring (bicyclic) bond motifs is 1. The molecule has 0 spiro atoms. The van der Waals surface area contributed by atoms with Crippen LogP contribution in [0.4, 0.5) is 4.79 Å². The van der Waals surface area contributed by atoms with Crippen molar-refractivity contribution in [3.63, 3.8) is 0 Å². The smallest absolute Gasteiger partial charge is 0.328 e. The van der Waals surface area contributed by atoms with Crippen LogP contribution in [0, 0.1) is 0 Å². The molecule has 2 aromatic rings. The average Bonchev–Trinajstić information content (AvgIpc) is 3.09. The molecule has 0 fully saturated rings. The molecule has 7 nitrogen and oxygen atoms in total. The van der Waals surface area contributed by atoms with E-state index in [0.717, 1.165) is 17.0 Å². The van der Waals surface area contributed by atoms with Crippen LogP contribution < -0.4 is 5.32 Å². The van der Waals surface area contributed by atoms with Crippen molar-refractivity contribution in [2.24, 2.45) is 0 Å². The van der Waals surface area contributed by atoms with E-state index in [4.69, 9.17) is 11.6 Å². The summed E-state index contributed by atoms with van der Waals surface area (Å²) in [5.74, 6) is -0.492. The highest BCUT2D eigenvalue weighted by Gasteiger charge is 2.35. The van der Waals surface area contributed by atoms with Gasteiger partial charge >= 0.3 is 12.0 Å². The van der Waals surface area contributed by atoms with Crippen molar-refractivity contribution in [3.05, 3.63) is 52.6 Å². The predicted octanol–water partition coefficient (Wildman–Crippen LogP) is 2.28. The number of amides is 2. The SMILES string of the molecule is COC(=O)[C@H](C)NC(=O)N1CCc2[nH]cnc2[C@H]1c1ccc(Cl)cc1. The van der Waals surface area contributed by atoms with Gasteiger partial charge in [0.15, 0.2) is 0 Å². The van der Waals surface area contributed by atoms with Crippen LogP contribution in [0.2, 0.25) is 5.02 Å². The molecule has 1 aromatic heterocycles. The highest BCUT2D eigenvalue weighted by atomic mass is 35.5. The first kappa shape index (κ1) is 17.3. The molecule has 0 radical (unpaired) electrons. The van der Waals surface area contributed by atoms with Gasteiger partial charge in [0.05, 0.1) is 19.1 Å². The summed E-state index contributed by atoms with van der Waals surface area (Å²) in [7, 11) is 1.29. The van der Waals surface area contributed by atoms with Gasteiger partial charge in [-0.25, -0.2) is 14.6 Å². The number of benzene rings is 1. The van der Waals surface area contributed by atoms with Crippen LogP contribution in [0.5, 0.6) is 0 Å². The largest absolute Gasteiger partial charge is 0.467 e. The summed E-state index contributed by atoms with van der Waals surface area (Å²) in [5, 5.41) is 3.31. The second kappa shape index (κ2) is 7.14. The number of esters is 1. The molecule has 0 bridgehead atoms. The van der Waals surface area contributed by atoms with Crippen LogP contribution >= 0.6 is 11.6 Å². The van der Waals surface area contributed by atoms with E-state index >= 15 is 0 Å². The number of nitrogens with zero attached hydrogens (tertiary/aromatic N) is 2. The van der Waals surface area contributed by atoms with E-state index in [9.17, 15) is 9.59 Å². The zero-order valence-corrected chi connectivity index (χ0v) is 14.7. The van der Waals surface area contributed by atoms with Gasteiger partial charge in [-0.3, -0.25) is 0 Å². The lowest BCUT2D eigenvalue weighted by atomic mass is 9.96. The number of halogens is 1. The molecule has 2 heterocycles. The summed E-state index contributed by atoms with van der Waals surface area (Å²) in [5.41, 5.74) is 2.71. The Labute approximate surface area is 150 Å². The number of carbonyl (C=O) groups excluding carboxylic acids is 2. The second-order valence-corrected chi connectivity index (χ2v) is 6.29. The molecule has 2 atom stereocenters. The maximum atomic E-state index is 12.8. The number of carbonyl (C=O) groups is 2. The third-order valence-electron chi connectivity index (χ3n) is 4.27. The minimum absolute atomic E-state index is 0.341. The number of rotatable bonds is 3. The highest BCUT2D eigenvalue weighted by molar-refractivity contribution is 6.30. The summed E-state index contributed by atoms with van der Waals surface area (Å²) in [6.45, 7) is 2.09. The maximum Gasteiger partial charge on any atom is 0.328 e. The first-order valence-corrected chi connectivity index (χ1v) is 8.31. The van der Waals surface area contributed by atoms with Gasteiger partial charge in [-0.05, 0) is 24.6 Å². The fourth-order valence-electron chi connectivity index (χ4n) is 2.98. The van der Waals surface area contributed by atoms with E-state index in [1.807, 2.05) is 12.1 Å². The Morgan fingerprint density at radius 3 is 2.80 bits per heavy atom. The molecule has 0 saturated carbocycles. The molecule has 2 amide bonds. The van der Waals surface area contributed by atoms with Crippen LogP contribution in [-0.2, 0) is 16.0 Å². The number of H-pyrrole nitrogens is 1. The lowest BCUT2D eigenvalue weighted by Crippen LogP contribution is -2.50. The molecular weight excluding hydrogens is 344 g/mol. The molecule has 132 valence electrons. The summed E-state index contributed by atoms with van der Waals surface area (Å²) in [6, 6.07) is 5.89. The number of methoxy groups -OCH3 is 1. The normalized spacial score (nSPS) is 17.6. The van der Waals surface area contributed by atoms with Gasteiger partial charge in [-0.1, -0.05) is 23.7 Å². The number of ether oxygens (including phenoxy) is 1. The Balaban J connectivity index is 1.90. The number of aromatic nitrogens is 2. The number of nitrogens with one attached hydrogen (secondary N) is 2. The highest BCUT2D eigenvalue weighted by Crippen LogP contribution is 2.33. The zero-order valence-electron chi connectivity index (χ0n) is 14.0. The van der Waals surface area contributed by atoms with Crippen molar-refractivity contribution in [1.82, 2.24) is 20.2 Å². The predicted molar refractivity (Wildman–Crippen MR) is 92.3 cm³/mol.